The highest BCUT2D eigenvalue weighted by Gasteiger charge is 2.22. The molecule has 1 aliphatic rings. The molecule has 1 aromatic carbocycles. The largest absolute Gasteiger partial charge is 0.349 e. The smallest absolute Gasteiger partial charge is 0.251 e. The summed E-state index contributed by atoms with van der Waals surface area (Å²) in [5.41, 5.74) is 1.23. The lowest BCUT2D eigenvalue weighted by molar-refractivity contribution is 0.0927. The average molecular weight is 367 g/mol. The van der Waals surface area contributed by atoms with Gasteiger partial charge in [-0.25, -0.2) is 13.1 Å². The number of aryl methyl sites for hydroxylation is 1. The van der Waals surface area contributed by atoms with Crippen LogP contribution in [0, 0.1) is 6.92 Å². The lowest BCUT2D eigenvalue weighted by Gasteiger charge is -2.23. The third kappa shape index (κ3) is 5.54. The van der Waals surface area contributed by atoms with Crippen LogP contribution in [0.5, 0.6) is 0 Å². The molecule has 1 atom stereocenters. The van der Waals surface area contributed by atoms with Crippen molar-refractivity contribution in [2.24, 2.45) is 0 Å². The van der Waals surface area contributed by atoms with Gasteiger partial charge >= 0.3 is 0 Å². The molecule has 0 aliphatic heterocycles. The van der Waals surface area contributed by atoms with Crippen LogP contribution in [0.25, 0.3) is 0 Å². The zero-order valence-corrected chi connectivity index (χ0v) is 16.3. The SMILES string of the molecule is CCCC(C)NS(=O)(=O)c1ccc(C)c(C(=O)NC2CCCCC2)c1. The monoisotopic (exact) mass is 366 g/mol. The van der Waals surface area contributed by atoms with Gasteiger partial charge in [0, 0.05) is 17.6 Å². The summed E-state index contributed by atoms with van der Waals surface area (Å²) in [4.78, 5) is 12.8. The van der Waals surface area contributed by atoms with Crippen molar-refractivity contribution in [2.45, 2.75) is 82.7 Å². The minimum atomic E-state index is -3.62. The Morgan fingerprint density at radius 2 is 1.92 bits per heavy atom. The fraction of sp³-hybridized carbons (Fsp3) is 0.632. The highest BCUT2D eigenvalue weighted by Crippen LogP contribution is 2.20. The zero-order valence-electron chi connectivity index (χ0n) is 15.5. The van der Waals surface area contributed by atoms with E-state index in [9.17, 15) is 13.2 Å². The van der Waals surface area contributed by atoms with Crippen LogP contribution in [0.2, 0.25) is 0 Å². The van der Waals surface area contributed by atoms with Gasteiger partial charge in [-0.2, -0.15) is 0 Å². The van der Waals surface area contributed by atoms with E-state index in [4.69, 9.17) is 0 Å². The summed E-state index contributed by atoms with van der Waals surface area (Å²) in [6.45, 7) is 5.70. The molecule has 0 bridgehead atoms. The van der Waals surface area contributed by atoms with Gasteiger partial charge < -0.3 is 5.32 Å². The fourth-order valence-corrected chi connectivity index (χ4v) is 4.65. The summed E-state index contributed by atoms with van der Waals surface area (Å²) in [5, 5.41) is 3.06. The molecular weight excluding hydrogens is 336 g/mol. The molecule has 0 radical (unpaired) electrons. The van der Waals surface area contributed by atoms with Crippen LogP contribution in [-0.2, 0) is 10.0 Å². The highest BCUT2D eigenvalue weighted by atomic mass is 32.2. The van der Waals surface area contributed by atoms with Crippen LogP contribution in [0.3, 0.4) is 0 Å². The number of benzene rings is 1. The van der Waals surface area contributed by atoms with Crippen LogP contribution in [-0.4, -0.2) is 26.4 Å². The van der Waals surface area contributed by atoms with Crippen LogP contribution in [0.4, 0.5) is 0 Å². The second kappa shape index (κ2) is 8.81. The molecular formula is C19H30N2O3S. The van der Waals surface area contributed by atoms with Gasteiger partial charge in [0.15, 0.2) is 0 Å². The molecule has 0 spiro atoms. The van der Waals surface area contributed by atoms with Gasteiger partial charge in [-0.15, -0.1) is 0 Å². The van der Waals surface area contributed by atoms with Crippen molar-refractivity contribution in [1.29, 1.82) is 0 Å². The van der Waals surface area contributed by atoms with Crippen LogP contribution < -0.4 is 10.0 Å². The van der Waals surface area contributed by atoms with Crippen molar-refractivity contribution < 1.29 is 13.2 Å². The maximum absolute atomic E-state index is 12.6. The van der Waals surface area contributed by atoms with Crippen molar-refractivity contribution in [1.82, 2.24) is 10.0 Å². The number of carbonyl (C=O) groups excluding carboxylic acids is 1. The van der Waals surface area contributed by atoms with Gasteiger partial charge in [-0.3, -0.25) is 4.79 Å². The van der Waals surface area contributed by atoms with Gasteiger partial charge in [0.2, 0.25) is 10.0 Å². The van der Waals surface area contributed by atoms with Gasteiger partial charge in [-0.1, -0.05) is 38.7 Å². The minimum absolute atomic E-state index is 0.129. The Kier molecular flexibility index (Phi) is 7.02. The summed E-state index contributed by atoms with van der Waals surface area (Å²) in [7, 11) is -3.62. The Bertz CT molecular complexity index is 695. The molecule has 1 unspecified atom stereocenters. The summed E-state index contributed by atoms with van der Waals surface area (Å²) < 4.78 is 27.8. The molecule has 25 heavy (non-hydrogen) atoms. The number of hydrogen-bond acceptors (Lipinski definition) is 3. The van der Waals surface area contributed by atoms with E-state index in [-0.39, 0.29) is 22.9 Å². The highest BCUT2D eigenvalue weighted by molar-refractivity contribution is 7.89. The molecule has 2 rings (SSSR count). The van der Waals surface area contributed by atoms with Crippen LogP contribution in [0.1, 0.15) is 74.7 Å². The lowest BCUT2D eigenvalue weighted by Crippen LogP contribution is -2.37. The molecule has 1 amide bonds. The summed E-state index contributed by atoms with van der Waals surface area (Å²) in [6, 6.07) is 4.83. The number of amides is 1. The van der Waals surface area contributed by atoms with Crippen molar-refractivity contribution in [3.05, 3.63) is 29.3 Å². The quantitative estimate of drug-likeness (QED) is 0.775. The summed E-state index contributed by atoms with van der Waals surface area (Å²) in [5.74, 6) is -0.178. The molecule has 1 aliphatic carbocycles. The first-order valence-corrected chi connectivity index (χ1v) is 10.8. The van der Waals surface area contributed by atoms with Gasteiger partial charge in [0.05, 0.1) is 4.90 Å². The fourth-order valence-electron chi connectivity index (χ4n) is 3.35. The van der Waals surface area contributed by atoms with Crippen LogP contribution in [0.15, 0.2) is 23.1 Å². The maximum atomic E-state index is 12.6. The van der Waals surface area contributed by atoms with Crippen LogP contribution >= 0.6 is 0 Å². The Labute approximate surface area is 151 Å². The predicted octanol–water partition coefficient (Wildman–Crippen LogP) is 3.52. The first-order valence-electron chi connectivity index (χ1n) is 9.27. The Morgan fingerprint density at radius 1 is 1.24 bits per heavy atom. The molecule has 140 valence electrons. The van der Waals surface area contributed by atoms with Gasteiger partial charge in [-0.05, 0) is 50.8 Å². The number of nitrogens with one attached hydrogen (secondary N) is 2. The Hall–Kier alpha value is -1.40. The van der Waals surface area contributed by atoms with E-state index in [1.54, 1.807) is 12.1 Å². The summed E-state index contributed by atoms with van der Waals surface area (Å²) in [6.07, 6.45) is 7.18. The number of carbonyl (C=O) groups is 1. The van der Waals surface area contributed by atoms with E-state index in [1.165, 1.54) is 12.5 Å². The number of rotatable bonds is 7. The average Bonchev–Trinajstić information content (AvgIpc) is 2.55. The zero-order chi connectivity index (χ0) is 18.4. The molecule has 1 fully saturated rings. The van der Waals surface area contributed by atoms with E-state index < -0.39 is 10.0 Å². The standard InChI is InChI=1S/C19H30N2O3S/c1-4-8-15(3)21-25(23,24)17-12-11-14(2)18(13-17)19(22)20-16-9-6-5-7-10-16/h11-13,15-16,21H,4-10H2,1-3H3,(H,20,22). The molecule has 6 heteroatoms. The van der Waals surface area contributed by atoms with E-state index in [1.807, 2.05) is 20.8 Å². The molecule has 0 heterocycles. The van der Waals surface area contributed by atoms with Crippen molar-refractivity contribution >= 4 is 15.9 Å². The first-order chi connectivity index (χ1) is 11.8. The van der Waals surface area contributed by atoms with Gasteiger partial charge in [0.1, 0.15) is 0 Å². The molecule has 1 aromatic rings. The number of hydrogen-bond donors (Lipinski definition) is 2. The third-order valence-corrected chi connectivity index (χ3v) is 6.37. The lowest BCUT2D eigenvalue weighted by atomic mass is 9.95. The molecule has 0 saturated heterocycles. The van der Waals surface area contributed by atoms with Gasteiger partial charge in [0.25, 0.3) is 5.91 Å². The molecule has 0 aromatic heterocycles. The van der Waals surface area contributed by atoms with E-state index in [2.05, 4.69) is 10.0 Å². The molecule has 2 N–H and O–H groups in total. The van der Waals surface area contributed by atoms with Crippen molar-refractivity contribution in [3.63, 3.8) is 0 Å². The number of sulfonamides is 1. The molecule has 5 nitrogen and oxygen atoms in total. The minimum Gasteiger partial charge on any atom is -0.349 e. The topological polar surface area (TPSA) is 75.3 Å². The molecule has 1 saturated carbocycles. The second-order valence-corrected chi connectivity index (χ2v) is 8.81. The predicted molar refractivity (Wildman–Crippen MR) is 100 cm³/mol. The van der Waals surface area contributed by atoms with E-state index >= 15 is 0 Å². The Morgan fingerprint density at radius 3 is 2.56 bits per heavy atom. The normalized spacial score (nSPS) is 17.2. The third-order valence-electron chi connectivity index (χ3n) is 4.78. The second-order valence-electron chi connectivity index (χ2n) is 7.10. The van der Waals surface area contributed by atoms with Crippen molar-refractivity contribution in [2.75, 3.05) is 0 Å². The summed E-state index contributed by atoms with van der Waals surface area (Å²) >= 11 is 0. The first kappa shape index (κ1) is 19.9. The van der Waals surface area contributed by atoms with E-state index in [0.29, 0.717) is 5.56 Å². The maximum Gasteiger partial charge on any atom is 0.251 e. The van der Waals surface area contributed by atoms with E-state index in [0.717, 1.165) is 44.1 Å². The van der Waals surface area contributed by atoms with Crippen molar-refractivity contribution in [3.8, 4) is 0 Å². The Balaban J connectivity index is 2.17.